The second-order valence-corrected chi connectivity index (χ2v) is 28.2. The maximum atomic E-state index is 16.3. The molecule has 1 saturated heterocycles. The van der Waals surface area contributed by atoms with Gasteiger partial charge < -0.3 is 118 Å². The summed E-state index contributed by atoms with van der Waals surface area (Å²) in [5.41, 5.74) is 3.19. The van der Waals surface area contributed by atoms with Gasteiger partial charge in [0.15, 0.2) is 35.3 Å². The molecule has 0 aromatic heterocycles. The molecule has 17 bridgehead atoms. The van der Waals surface area contributed by atoms with Crippen LogP contribution < -0.4 is 57.2 Å². The van der Waals surface area contributed by atoms with E-state index in [-0.39, 0.29) is 85.4 Å². The van der Waals surface area contributed by atoms with Gasteiger partial charge in [-0.3, -0.25) is 38.5 Å². The lowest BCUT2D eigenvalue weighted by atomic mass is 9.90. The topological polar surface area (TPSA) is 498 Å². The van der Waals surface area contributed by atoms with E-state index in [0.29, 0.717) is 24.9 Å². The van der Waals surface area contributed by atoms with Crippen LogP contribution in [-0.4, -0.2) is 173 Å². The molecular weight excluding hydrogens is 1470 g/mol. The lowest BCUT2D eigenvalue weighted by molar-refractivity contribution is -0.284. The highest BCUT2D eigenvalue weighted by Crippen LogP contribution is 2.52. The highest BCUT2D eigenvalue weighted by Gasteiger charge is 2.51. The second-order valence-electron chi connectivity index (χ2n) is 27.4. The Labute approximate surface area is 629 Å². The summed E-state index contributed by atoms with van der Waals surface area (Å²) in [6.07, 6.45) is -7.15. The number of nitrogens with one attached hydrogen (secondary N) is 7. The van der Waals surface area contributed by atoms with Crippen molar-refractivity contribution < 1.29 is 113 Å². The summed E-state index contributed by atoms with van der Waals surface area (Å²) in [7, 11) is 3.15. The van der Waals surface area contributed by atoms with Crippen LogP contribution in [0.4, 0.5) is 0 Å². The minimum atomic E-state index is -3.05. The summed E-state index contributed by atoms with van der Waals surface area (Å²) < 4.78 is 31.8. The van der Waals surface area contributed by atoms with Gasteiger partial charge in [0.2, 0.25) is 52.9 Å². The molecule has 7 heterocycles. The van der Waals surface area contributed by atoms with Crippen molar-refractivity contribution in [1.29, 1.82) is 0 Å². The molecular formula is C75H75Cl2N9O23. The standard InChI is InChI=1S/C75H75Cl2N9O23/c1-86(2)62-33-11-14-47(90)50(24-33)105-39-21-35(20-37(88)27-39)57-69(97)83-58-36-25-51(106-48-15-9-31(18-44(48)76)19-46(67(95)81-57)79-72(62)100)63(92)52(26-36)107-49-16-12-34(23-45(49)77)66(109-74-60(65(94)64(93)53(30-87)108-74)80-54(91)8-6-4-3-5-7-17-78)61-71(99)84-59(73(101)102)41-28-38(89)29-43-55(41)40-22-32(10-13-42(40)75(43,103)104)56(68(96)85-61)82-70(58)98/h9-16,18,20-29,46,53,56-62,64-66,74,87-90,92-94,103-104H,3-8,17,19,30,78H2,1-2H3,(H,79,100)(H,80,91)(H,81,95)(H,82,98)(H,83,97)(H,84,99)(H,85,96)(H,101,102)/t46-,53?,56-,57+,58-,59+,60?,61+,62-,64-,65?,66-,74+/m1/s1. The summed E-state index contributed by atoms with van der Waals surface area (Å²) in [6, 6.07) is 6.81. The van der Waals surface area contributed by atoms with Crippen molar-refractivity contribution in [3.05, 3.63) is 175 Å². The number of carboxylic acids is 1. The van der Waals surface area contributed by atoms with Crippen LogP contribution in [0.3, 0.4) is 0 Å². The van der Waals surface area contributed by atoms with Gasteiger partial charge in [-0.15, -0.1) is 0 Å². The van der Waals surface area contributed by atoms with Crippen LogP contribution in [0.15, 0.2) is 115 Å². The van der Waals surface area contributed by atoms with Crippen molar-refractivity contribution in [1.82, 2.24) is 42.1 Å². The quantitative estimate of drug-likeness (QED) is 0.0574. The fourth-order valence-electron chi connectivity index (χ4n) is 14.3. The number of carbonyl (C=O) groups is 8. The largest absolute Gasteiger partial charge is 0.508 e. The Morgan fingerprint density at radius 1 is 0.606 bits per heavy atom. The monoisotopic (exact) mass is 1540 g/mol. The fraction of sp³-hybridized carbons (Fsp3) is 0.333. The zero-order valence-corrected chi connectivity index (χ0v) is 59.4. The zero-order valence-electron chi connectivity index (χ0n) is 57.9. The number of fused-ring (bicyclic) bond motifs is 11. The van der Waals surface area contributed by atoms with E-state index in [1.54, 1.807) is 14.1 Å². The third-order valence-electron chi connectivity index (χ3n) is 19.8. The molecule has 3 unspecified atom stereocenters. The Bertz CT molecular complexity index is 4830. The Hall–Kier alpha value is -10.9. The van der Waals surface area contributed by atoms with Crippen LogP contribution in [0, 0.1) is 0 Å². The number of rotatable bonds is 13. The number of hydrogen-bond donors (Lipinski definition) is 18. The van der Waals surface area contributed by atoms with Gasteiger partial charge >= 0.3 is 5.97 Å². The molecule has 34 heteroatoms. The van der Waals surface area contributed by atoms with Crippen LogP contribution in [0.5, 0.6) is 57.5 Å². The van der Waals surface area contributed by atoms with Crippen molar-refractivity contribution in [2.75, 3.05) is 27.2 Å². The number of aromatic hydroxyl groups is 4. The van der Waals surface area contributed by atoms with Crippen molar-refractivity contribution in [2.45, 2.75) is 130 Å². The number of amides is 7. The van der Waals surface area contributed by atoms with Crippen LogP contribution in [0.25, 0.3) is 11.1 Å². The number of carbonyl (C=O) groups excluding carboxylic acids is 7. The second kappa shape index (κ2) is 31.0. The Morgan fingerprint density at radius 3 is 1.89 bits per heavy atom. The number of hydrogen-bond acceptors (Lipinski definition) is 24. The maximum absolute atomic E-state index is 16.3. The van der Waals surface area contributed by atoms with E-state index >= 15 is 24.0 Å². The molecule has 0 radical (unpaired) electrons. The fourth-order valence-corrected chi connectivity index (χ4v) is 14.8. The predicted molar refractivity (Wildman–Crippen MR) is 382 cm³/mol. The Kier molecular flexibility index (Phi) is 21.7. The molecule has 19 N–H and O–H groups in total. The third kappa shape index (κ3) is 15.4. The molecule has 15 rings (SSSR count). The highest BCUT2D eigenvalue weighted by molar-refractivity contribution is 6.32. The summed E-state index contributed by atoms with van der Waals surface area (Å²) in [4.78, 5) is 124. The van der Waals surface area contributed by atoms with E-state index < -0.39 is 189 Å². The molecule has 1 fully saturated rings. The van der Waals surface area contributed by atoms with Crippen molar-refractivity contribution in [3.63, 3.8) is 0 Å². The number of aliphatic hydroxyl groups excluding tert-OH is 3. The number of aliphatic hydroxyl groups is 5. The molecule has 1 aliphatic carbocycles. The molecule has 8 aliphatic rings. The van der Waals surface area contributed by atoms with Gasteiger partial charge in [0.25, 0.3) is 0 Å². The number of nitrogens with zero attached hydrogens (tertiary/aromatic N) is 1. The van der Waals surface area contributed by atoms with Crippen LogP contribution in [0.1, 0.15) is 125 Å². The molecule has 572 valence electrons. The first-order chi connectivity index (χ1) is 52.0. The summed E-state index contributed by atoms with van der Waals surface area (Å²) in [6.45, 7) is -0.532. The van der Waals surface area contributed by atoms with Gasteiger partial charge in [-0.2, -0.15) is 0 Å². The zero-order chi connectivity index (χ0) is 77.8. The van der Waals surface area contributed by atoms with Crippen LogP contribution in [-0.2, 0) is 60.0 Å². The first kappa shape index (κ1) is 76.3. The number of likely N-dealkylation sites (N-methyl/N-ethyl adjacent to an activating group) is 1. The van der Waals surface area contributed by atoms with Crippen LogP contribution in [0.2, 0.25) is 10.0 Å². The molecule has 0 saturated carbocycles. The predicted octanol–water partition coefficient (Wildman–Crippen LogP) is 3.92. The number of benzene rings is 7. The Morgan fingerprint density at radius 2 is 1.22 bits per heavy atom. The minimum Gasteiger partial charge on any atom is -0.508 e. The van der Waals surface area contributed by atoms with Crippen molar-refractivity contribution >= 4 is 70.5 Å². The first-order valence-corrected chi connectivity index (χ1v) is 35.4. The average molecular weight is 1540 g/mol. The number of carboxylic acid groups (broad SMARTS) is 1. The minimum absolute atomic E-state index is 0.136. The highest BCUT2D eigenvalue weighted by atomic mass is 35.5. The van der Waals surface area contributed by atoms with E-state index in [2.05, 4.69) is 37.2 Å². The maximum Gasteiger partial charge on any atom is 0.330 e. The van der Waals surface area contributed by atoms with Gasteiger partial charge in [0.05, 0.1) is 16.7 Å². The number of phenols is 4. The van der Waals surface area contributed by atoms with Gasteiger partial charge in [-0.25, -0.2) is 4.79 Å². The van der Waals surface area contributed by atoms with Crippen molar-refractivity contribution in [2.24, 2.45) is 5.73 Å². The van der Waals surface area contributed by atoms with E-state index in [4.69, 9.17) is 52.6 Å². The number of aliphatic carboxylic acids is 1. The van der Waals surface area contributed by atoms with Gasteiger partial charge in [-0.1, -0.05) is 72.8 Å². The van der Waals surface area contributed by atoms with E-state index in [1.807, 2.05) is 0 Å². The van der Waals surface area contributed by atoms with Crippen molar-refractivity contribution in [3.8, 4) is 68.6 Å². The number of halogens is 2. The molecule has 7 aromatic rings. The Balaban J connectivity index is 1.01. The number of phenolic OH excluding ortho intramolecular Hbond substituents is 4. The van der Waals surface area contributed by atoms with E-state index in [9.17, 15) is 65.4 Å². The molecule has 32 nitrogen and oxygen atoms in total. The number of unbranched alkanes of at least 4 members (excludes halogenated alkanes) is 4. The molecule has 7 aromatic carbocycles. The van der Waals surface area contributed by atoms with Crippen LogP contribution >= 0.6 is 23.2 Å². The number of nitrogens with two attached hydrogens (primary N) is 1. The van der Waals surface area contributed by atoms with Gasteiger partial charge in [-0.05, 0) is 162 Å². The SMILES string of the molecule is CN(C)[C@H]1C(=O)N[C@@H]2Cc3ccc(c(Cl)c3)Oc3cc4cc(c3O)Oc3ccc(cc3Cl)[C@@H](O[C@@H]3OC(CO)[C@@H](O)C(O)C3NC(=O)CCCCCCCN)[C@@H]3NC(=O)[C@H](NC(=O)[C@@H]4NC(=O)[C@@H](NC2=O)c2cc(O)cc(c2)Oc2cc1ccc2O)c1ccc2c(c1)-c1c(cc(O)cc1C2(O)O)[C@@H](C(=O)O)NC3=O. The third-order valence-corrected chi connectivity index (χ3v) is 20.3. The smallest absolute Gasteiger partial charge is 0.330 e. The van der Waals surface area contributed by atoms with Gasteiger partial charge in [0, 0.05) is 30.0 Å². The first-order valence-electron chi connectivity index (χ1n) is 34.6. The van der Waals surface area contributed by atoms with E-state index in [1.165, 1.54) is 65.6 Å². The molecule has 13 atom stereocenters. The number of ether oxygens (including phenoxy) is 5. The average Bonchev–Trinajstić information content (AvgIpc) is 1.56. The lowest BCUT2D eigenvalue weighted by Gasteiger charge is -2.44. The van der Waals surface area contributed by atoms with Gasteiger partial charge in [0.1, 0.15) is 95.5 Å². The summed E-state index contributed by atoms with van der Waals surface area (Å²) in [5, 5.41) is 133. The molecule has 7 amide bonds. The lowest BCUT2D eigenvalue weighted by Crippen LogP contribution is -2.65. The molecule has 109 heavy (non-hydrogen) atoms. The normalized spacial score (nSPS) is 24.9. The summed E-state index contributed by atoms with van der Waals surface area (Å²) >= 11 is 14.2. The molecule has 0 spiro atoms. The summed E-state index contributed by atoms with van der Waals surface area (Å²) in [5.74, 6) is -17.6. The molecule has 7 aliphatic heterocycles. The van der Waals surface area contributed by atoms with E-state index in [0.717, 1.165) is 73.9 Å².